The van der Waals surface area contributed by atoms with Crippen LogP contribution in [0.4, 0.5) is 16.3 Å². The van der Waals surface area contributed by atoms with Crippen molar-refractivity contribution >= 4 is 17.9 Å². The molecule has 0 amide bonds. The molecule has 3 aromatic rings. The molecule has 1 N–H and O–H groups in total. The lowest BCUT2D eigenvalue weighted by atomic mass is 9.97. The number of aliphatic carboxylic acids is 1. The average molecular weight is 538 g/mol. The molecule has 0 radical (unpaired) electrons. The first-order valence-electron chi connectivity index (χ1n) is 13.4. The summed E-state index contributed by atoms with van der Waals surface area (Å²) in [6, 6.07) is 13.4. The summed E-state index contributed by atoms with van der Waals surface area (Å²) in [6.45, 7) is 6.74. The van der Waals surface area contributed by atoms with Gasteiger partial charge in [0.15, 0.2) is 0 Å². The van der Waals surface area contributed by atoms with Gasteiger partial charge in [0.1, 0.15) is 23.9 Å². The average Bonchev–Trinajstić information content (AvgIpc) is 2.93. The molecule has 1 unspecified atom stereocenters. The number of hydrogen-bond acceptors (Lipinski definition) is 8. The number of hydrogen-bond donors (Lipinski definition) is 1. The standard InChI is InChI=1S/C29H36FN5O4/c1-4-22(26(36)37)19-21-5-9-24(10-6-21)38-18-17-34(3)27-31-28(35-15-13-20(2)14-16-35)33-29(32-27)39-25-11-7-23(30)8-12-25/h5-12,20,22H,4,13-19H2,1-3H3,(H,36,37). The van der Waals surface area contributed by atoms with Gasteiger partial charge in [0.25, 0.3) is 0 Å². The van der Waals surface area contributed by atoms with E-state index in [1.54, 1.807) is 0 Å². The lowest BCUT2D eigenvalue weighted by Crippen LogP contribution is -2.35. The van der Waals surface area contributed by atoms with Gasteiger partial charge in [0.2, 0.25) is 11.9 Å². The van der Waals surface area contributed by atoms with E-state index in [4.69, 9.17) is 14.5 Å². The second kappa shape index (κ2) is 13.2. The Hall–Kier alpha value is -3.95. The molecular formula is C29H36FN5O4. The van der Waals surface area contributed by atoms with Crippen LogP contribution >= 0.6 is 0 Å². The largest absolute Gasteiger partial charge is 0.492 e. The molecule has 0 spiro atoms. The van der Waals surface area contributed by atoms with E-state index in [2.05, 4.69) is 21.8 Å². The van der Waals surface area contributed by atoms with E-state index in [0.29, 0.717) is 55.3 Å². The molecular weight excluding hydrogens is 501 g/mol. The van der Waals surface area contributed by atoms with E-state index >= 15 is 0 Å². The number of rotatable bonds is 12. The Kier molecular flexibility index (Phi) is 9.51. The van der Waals surface area contributed by atoms with E-state index in [0.717, 1.165) is 31.5 Å². The van der Waals surface area contributed by atoms with Crippen LogP contribution in [0.25, 0.3) is 0 Å². The molecule has 9 nitrogen and oxygen atoms in total. The minimum atomic E-state index is -0.775. The SMILES string of the molecule is CCC(Cc1ccc(OCCN(C)c2nc(Oc3ccc(F)cc3)nc(N3CCC(C)CC3)n2)cc1)C(=O)O. The Balaban J connectivity index is 1.41. The van der Waals surface area contributed by atoms with Gasteiger partial charge < -0.3 is 24.4 Å². The van der Waals surface area contributed by atoms with Crippen LogP contribution in [-0.2, 0) is 11.2 Å². The van der Waals surface area contributed by atoms with Crippen LogP contribution in [0.5, 0.6) is 17.5 Å². The van der Waals surface area contributed by atoms with Gasteiger partial charge >= 0.3 is 12.0 Å². The summed E-state index contributed by atoms with van der Waals surface area (Å²) < 4.78 is 25.1. The van der Waals surface area contributed by atoms with Crippen LogP contribution in [0.1, 0.15) is 38.7 Å². The maximum atomic E-state index is 13.3. The van der Waals surface area contributed by atoms with Crippen LogP contribution in [0.3, 0.4) is 0 Å². The van der Waals surface area contributed by atoms with E-state index in [1.807, 2.05) is 43.1 Å². The van der Waals surface area contributed by atoms with Crippen LogP contribution in [-0.4, -0.2) is 59.3 Å². The highest BCUT2D eigenvalue weighted by Crippen LogP contribution is 2.26. The Morgan fingerprint density at radius 1 is 1.08 bits per heavy atom. The molecule has 2 heterocycles. The van der Waals surface area contributed by atoms with Crippen molar-refractivity contribution in [1.82, 2.24) is 15.0 Å². The Morgan fingerprint density at radius 3 is 2.38 bits per heavy atom. The zero-order chi connectivity index (χ0) is 27.8. The zero-order valence-corrected chi connectivity index (χ0v) is 22.7. The van der Waals surface area contributed by atoms with Gasteiger partial charge in [-0.15, -0.1) is 0 Å². The predicted octanol–water partition coefficient (Wildman–Crippen LogP) is 5.21. The van der Waals surface area contributed by atoms with Gasteiger partial charge in [-0.1, -0.05) is 26.0 Å². The number of halogens is 1. The third-order valence-electron chi connectivity index (χ3n) is 6.96. The number of aromatic nitrogens is 3. The van der Waals surface area contributed by atoms with E-state index in [9.17, 15) is 14.3 Å². The molecule has 2 aromatic carbocycles. The quantitative estimate of drug-likeness (QED) is 0.334. The van der Waals surface area contributed by atoms with Crippen molar-refractivity contribution in [3.63, 3.8) is 0 Å². The van der Waals surface area contributed by atoms with E-state index < -0.39 is 5.97 Å². The van der Waals surface area contributed by atoms with Crippen molar-refractivity contribution in [1.29, 1.82) is 0 Å². The maximum absolute atomic E-state index is 13.3. The van der Waals surface area contributed by atoms with Gasteiger partial charge in [0.05, 0.1) is 12.5 Å². The molecule has 4 rings (SSSR count). The van der Waals surface area contributed by atoms with Crippen LogP contribution in [0.15, 0.2) is 48.5 Å². The van der Waals surface area contributed by atoms with Gasteiger partial charge in [-0.3, -0.25) is 4.79 Å². The molecule has 0 aliphatic carbocycles. The molecule has 0 saturated carbocycles. The number of carboxylic acids is 1. The fourth-order valence-corrected chi connectivity index (χ4v) is 4.32. The van der Waals surface area contributed by atoms with E-state index in [1.165, 1.54) is 24.3 Å². The lowest BCUT2D eigenvalue weighted by molar-refractivity contribution is -0.141. The normalized spacial score (nSPS) is 14.6. The fourth-order valence-electron chi connectivity index (χ4n) is 4.32. The summed E-state index contributed by atoms with van der Waals surface area (Å²) in [5, 5.41) is 9.29. The second-order valence-corrected chi connectivity index (χ2v) is 10.0. The monoisotopic (exact) mass is 537 g/mol. The first-order chi connectivity index (χ1) is 18.8. The molecule has 1 aliphatic rings. The number of nitrogens with zero attached hydrogens (tertiary/aromatic N) is 5. The minimum absolute atomic E-state index is 0.148. The van der Waals surface area contributed by atoms with Crippen LogP contribution < -0.4 is 19.3 Å². The molecule has 1 atom stereocenters. The van der Waals surface area contributed by atoms with Crippen molar-refractivity contribution in [3.8, 4) is 17.5 Å². The molecule has 1 aromatic heterocycles. The van der Waals surface area contributed by atoms with Crippen LogP contribution in [0.2, 0.25) is 0 Å². The Bertz CT molecular complexity index is 1220. The third-order valence-corrected chi connectivity index (χ3v) is 6.96. The summed E-state index contributed by atoms with van der Waals surface area (Å²) in [5.74, 6) is 1.31. The van der Waals surface area contributed by atoms with Crippen molar-refractivity contribution in [2.75, 3.05) is 43.1 Å². The molecule has 208 valence electrons. The molecule has 39 heavy (non-hydrogen) atoms. The molecule has 1 aliphatic heterocycles. The predicted molar refractivity (Wildman–Crippen MR) is 147 cm³/mol. The van der Waals surface area contributed by atoms with Gasteiger partial charge in [-0.2, -0.15) is 15.0 Å². The first kappa shape index (κ1) is 28.1. The zero-order valence-electron chi connectivity index (χ0n) is 22.7. The number of likely N-dealkylation sites (N-methyl/N-ethyl adjacent to an activating group) is 1. The third kappa shape index (κ3) is 8.02. The molecule has 1 saturated heterocycles. The highest BCUT2D eigenvalue weighted by Gasteiger charge is 2.21. The molecule has 1 fully saturated rings. The van der Waals surface area contributed by atoms with E-state index in [-0.39, 0.29) is 17.7 Å². The van der Waals surface area contributed by atoms with Gasteiger partial charge in [-0.05, 0) is 73.6 Å². The maximum Gasteiger partial charge on any atom is 0.328 e. The Labute approximate surface area is 228 Å². The fraction of sp³-hybridized carbons (Fsp3) is 0.448. The summed E-state index contributed by atoms with van der Waals surface area (Å²) in [6.07, 6.45) is 3.21. The summed E-state index contributed by atoms with van der Waals surface area (Å²) in [4.78, 5) is 29.1. The van der Waals surface area contributed by atoms with Crippen molar-refractivity contribution < 1.29 is 23.8 Å². The summed E-state index contributed by atoms with van der Waals surface area (Å²) >= 11 is 0. The summed E-state index contributed by atoms with van der Waals surface area (Å²) in [7, 11) is 1.88. The molecule has 0 bridgehead atoms. The van der Waals surface area contributed by atoms with Gasteiger partial charge in [-0.25, -0.2) is 4.39 Å². The number of anilines is 2. The number of piperidine rings is 1. The lowest BCUT2D eigenvalue weighted by Gasteiger charge is -2.30. The highest BCUT2D eigenvalue weighted by atomic mass is 19.1. The number of carboxylic acid groups (broad SMARTS) is 1. The topological polar surface area (TPSA) is 101 Å². The van der Waals surface area contributed by atoms with Gasteiger partial charge in [0, 0.05) is 20.1 Å². The second-order valence-electron chi connectivity index (χ2n) is 10.0. The smallest absolute Gasteiger partial charge is 0.328 e. The number of carbonyl (C=O) groups is 1. The highest BCUT2D eigenvalue weighted by molar-refractivity contribution is 5.70. The number of benzene rings is 2. The van der Waals surface area contributed by atoms with Crippen molar-refractivity contribution in [3.05, 3.63) is 59.9 Å². The minimum Gasteiger partial charge on any atom is -0.492 e. The van der Waals surface area contributed by atoms with Crippen molar-refractivity contribution in [2.24, 2.45) is 11.8 Å². The Morgan fingerprint density at radius 2 is 1.74 bits per heavy atom. The van der Waals surface area contributed by atoms with Crippen molar-refractivity contribution in [2.45, 2.75) is 39.5 Å². The first-order valence-corrected chi connectivity index (χ1v) is 13.4. The van der Waals surface area contributed by atoms with Crippen LogP contribution in [0, 0.1) is 17.7 Å². The molecule has 10 heteroatoms. The number of ether oxygens (including phenoxy) is 2. The summed E-state index contributed by atoms with van der Waals surface area (Å²) in [5.41, 5.74) is 0.965.